The van der Waals surface area contributed by atoms with E-state index in [4.69, 9.17) is 10.7 Å². The van der Waals surface area contributed by atoms with E-state index in [2.05, 4.69) is 4.74 Å². The molecule has 19 heavy (non-hydrogen) atoms. The molecule has 12 heteroatoms. The van der Waals surface area contributed by atoms with Crippen LogP contribution in [0.5, 0.6) is 5.75 Å². The Kier molecular flexibility index (Phi) is 4.51. The lowest BCUT2D eigenvalue weighted by molar-refractivity contribution is -0.386. The van der Waals surface area contributed by atoms with Gasteiger partial charge in [-0.05, 0) is 22.6 Å². The summed E-state index contributed by atoms with van der Waals surface area (Å²) in [5, 5.41) is 10.6. The van der Waals surface area contributed by atoms with E-state index in [0.29, 0.717) is 12.1 Å². The molecule has 0 saturated carbocycles. The van der Waals surface area contributed by atoms with Gasteiger partial charge >= 0.3 is 6.36 Å². The van der Waals surface area contributed by atoms with E-state index in [-0.39, 0.29) is 3.57 Å². The van der Waals surface area contributed by atoms with Crippen molar-refractivity contribution in [1.29, 1.82) is 0 Å². The van der Waals surface area contributed by atoms with Gasteiger partial charge in [0.2, 0.25) is 0 Å². The summed E-state index contributed by atoms with van der Waals surface area (Å²) in [4.78, 5) is 8.52. The molecule has 0 saturated heterocycles. The van der Waals surface area contributed by atoms with Crippen LogP contribution in [-0.4, -0.2) is 19.7 Å². The second kappa shape index (κ2) is 5.28. The minimum atomic E-state index is -5.16. The number of alkyl halides is 3. The Bertz CT molecular complexity index is 632. The molecule has 0 bridgehead atoms. The second-order valence-electron chi connectivity index (χ2n) is 2.99. The van der Waals surface area contributed by atoms with Crippen LogP contribution in [0.3, 0.4) is 0 Å². The quantitative estimate of drug-likeness (QED) is 0.318. The predicted octanol–water partition coefficient (Wildman–Crippen LogP) is 3.03. The number of benzene rings is 1. The van der Waals surface area contributed by atoms with Gasteiger partial charge in [0.25, 0.3) is 14.7 Å². The van der Waals surface area contributed by atoms with Crippen LogP contribution in [0.1, 0.15) is 0 Å². The summed E-state index contributed by atoms with van der Waals surface area (Å²) in [7, 11) is 0.282. The zero-order valence-electron chi connectivity index (χ0n) is 8.44. The molecule has 0 heterocycles. The van der Waals surface area contributed by atoms with Crippen LogP contribution in [-0.2, 0) is 9.05 Å². The van der Waals surface area contributed by atoms with Crippen molar-refractivity contribution >= 4 is 48.0 Å². The van der Waals surface area contributed by atoms with Crippen LogP contribution in [0, 0.1) is 13.7 Å². The van der Waals surface area contributed by atoms with Gasteiger partial charge in [-0.3, -0.25) is 10.1 Å². The van der Waals surface area contributed by atoms with Crippen molar-refractivity contribution in [3.63, 3.8) is 0 Å². The third-order valence-electron chi connectivity index (χ3n) is 1.70. The molecule has 0 N–H and O–H groups in total. The average molecular weight is 432 g/mol. The number of halogens is 5. The van der Waals surface area contributed by atoms with Crippen molar-refractivity contribution in [2.24, 2.45) is 0 Å². The molecular formula is C7H2ClF3INO5S. The van der Waals surface area contributed by atoms with Gasteiger partial charge in [-0.15, -0.1) is 13.2 Å². The summed E-state index contributed by atoms with van der Waals surface area (Å²) in [6.07, 6.45) is -5.16. The van der Waals surface area contributed by atoms with Gasteiger partial charge in [0.15, 0.2) is 5.75 Å². The first-order chi connectivity index (χ1) is 8.42. The topological polar surface area (TPSA) is 86.5 Å². The van der Waals surface area contributed by atoms with Crippen molar-refractivity contribution in [3.8, 4) is 5.75 Å². The number of hydrogen-bond donors (Lipinski definition) is 0. The highest BCUT2D eigenvalue weighted by molar-refractivity contribution is 14.1. The standard InChI is InChI=1S/C7H2ClF3INO5S/c8-19(16,17)6-2-4(13(14)15)3(12)1-5(6)18-7(9,10)11/h1-2H. The van der Waals surface area contributed by atoms with Crippen LogP contribution < -0.4 is 4.74 Å². The van der Waals surface area contributed by atoms with Gasteiger partial charge in [-0.25, -0.2) is 8.42 Å². The van der Waals surface area contributed by atoms with E-state index >= 15 is 0 Å². The first kappa shape index (κ1) is 16.2. The Labute approximate surface area is 122 Å². The fourth-order valence-electron chi connectivity index (χ4n) is 1.06. The van der Waals surface area contributed by atoms with Crippen LogP contribution in [0.25, 0.3) is 0 Å². The number of rotatable bonds is 3. The molecule has 1 rings (SSSR count). The maximum Gasteiger partial charge on any atom is 0.573 e. The molecule has 6 nitrogen and oxygen atoms in total. The number of nitro benzene ring substituents is 1. The monoisotopic (exact) mass is 431 g/mol. The van der Waals surface area contributed by atoms with E-state index in [1.165, 1.54) is 22.6 Å². The number of ether oxygens (including phenoxy) is 1. The van der Waals surface area contributed by atoms with E-state index < -0.39 is 36.7 Å². The molecule has 0 fully saturated rings. The third-order valence-corrected chi connectivity index (χ3v) is 3.91. The van der Waals surface area contributed by atoms with Crippen LogP contribution in [0.2, 0.25) is 0 Å². The summed E-state index contributed by atoms with van der Waals surface area (Å²) in [6.45, 7) is 0. The fourth-order valence-corrected chi connectivity index (χ4v) is 2.65. The van der Waals surface area contributed by atoms with Crippen molar-refractivity contribution < 1.29 is 31.2 Å². The van der Waals surface area contributed by atoms with Gasteiger partial charge in [-0.1, -0.05) is 0 Å². The van der Waals surface area contributed by atoms with E-state index in [9.17, 15) is 31.7 Å². The zero-order chi connectivity index (χ0) is 15.0. The van der Waals surface area contributed by atoms with Crippen molar-refractivity contribution in [1.82, 2.24) is 0 Å². The Morgan fingerprint density at radius 3 is 2.26 bits per heavy atom. The molecule has 0 aliphatic carbocycles. The minimum absolute atomic E-state index is 0.231. The highest BCUT2D eigenvalue weighted by Crippen LogP contribution is 2.37. The summed E-state index contributed by atoms with van der Waals surface area (Å²) >= 11 is 1.37. The van der Waals surface area contributed by atoms with Gasteiger partial charge in [0, 0.05) is 22.8 Å². The molecule has 1 aromatic rings. The van der Waals surface area contributed by atoms with Gasteiger partial charge in [-0.2, -0.15) is 0 Å². The first-order valence-corrected chi connectivity index (χ1v) is 7.49. The van der Waals surface area contributed by atoms with Crippen LogP contribution in [0.4, 0.5) is 18.9 Å². The summed E-state index contributed by atoms with van der Waals surface area (Å²) < 4.78 is 61.8. The van der Waals surface area contributed by atoms with Gasteiger partial charge < -0.3 is 4.74 Å². The second-order valence-corrected chi connectivity index (χ2v) is 6.69. The lowest BCUT2D eigenvalue weighted by Crippen LogP contribution is -2.18. The maximum absolute atomic E-state index is 12.1. The van der Waals surface area contributed by atoms with Crippen molar-refractivity contribution in [2.45, 2.75) is 11.3 Å². The zero-order valence-corrected chi connectivity index (χ0v) is 12.2. The Morgan fingerprint density at radius 1 is 1.37 bits per heavy atom. The number of nitro groups is 1. The minimum Gasteiger partial charge on any atom is -0.404 e. The molecule has 0 aliphatic rings. The van der Waals surface area contributed by atoms with E-state index in [0.717, 1.165) is 0 Å². The van der Waals surface area contributed by atoms with E-state index in [1.54, 1.807) is 0 Å². The van der Waals surface area contributed by atoms with Crippen LogP contribution >= 0.6 is 33.3 Å². The predicted molar refractivity (Wildman–Crippen MR) is 65.5 cm³/mol. The molecule has 0 spiro atoms. The molecule has 0 aromatic heterocycles. The van der Waals surface area contributed by atoms with Gasteiger partial charge in [0.05, 0.1) is 8.49 Å². The molecular weight excluding hydrogens is 429 g/mol. The van der Waals surface area contributed by atoms with E-state index in [1.807, 2.05) is 0 Å². The fraction of sp³-hybridized carbons (Fsp3) is 0.143. The molecule has 0 atom stereocenters. The summed E-state index contributed by atoms with van der Waals surface area (Å²) in [6, 6.07) is 0.979. The average Bonchev–Trinajstić information content (AvgIpc) is 2.11. The number of nitrogens with zero attached hydrogens (tertiary/aromatic N) is 1. The summed E-state index contributed by atoms with van der Waals surface area (Å²) in [5.74, 6) is -1.13. The number of hydrogen-bond acceptors (Lipinski definition) is 5. The molecule has 0 radical (unpaired) electrons. The molecule has 0 unspecified atom stereocenters. The molecule has 106 valence electrons. The Morgan fingerprint density at radius 2 is 1.89 bits per heavy atom. The first-order valence-electron chi connectivity index (χ1n) is 4.10. The Hall–Kier alpha value is -0.820. The maximum atomic E-state index is 12.1. The smallest absolute Gasteiger partial charge is 0.404 e. The highest BCUT2D eigenvalue weighted by atomic mass is 127. The normalized spacial score (nSPS) is 12.3. The lowest BCUT2D eigenvalue weighted by Gasteiger charge is -2.12. The molecule has 1 aromatic carbocycles. The largest absolute Gasteiger partial charge is 0.573 e. The molecule has 0 aliphatic heterocycles. The van der Waals surface area contributed by atoms with Crippen LogP contribution in [0.15, 0.2) is 17.0 Å². The van der Waals surface area contributed by atoms with Gasteiger partial charge in [0.1, 0.15) is 4.90 Å². The highest BCUT2D eigenvalue weighted by Gasteiger charge is 2.35. The SMILES string of the molecule is O=[N+]([O-])c1cc(S(=O)(=O)Cl)c(OC(F)(F)F)cc1I. The third kappa shape index (κ3) is 4.35. The van der Waals surface area contributed by atoms with Crippen molar-refractivity contribution in [2.75, 3.05) is 0 Å². The lowest BCUT2D eigenvalue weighted by atomic mass is 10.3. The van der Waals surface area contributed by atoms with Crippen molar-refractivity contribution in [3.05, 3.63) is 25.8 Å². The molecule has 0 amide bonds. The Balaban J connectivity index is 3.55. The summed E-state index contributed by atoms with van der Waals surface area (Å²) in [5.41, 5.74) is -0.700.